The third-order valence-corrected chi connectivity index (χ3v) is 7.08. The van der Waals surface area contributed by atoms with Crippen molar-refractivity contribution >= 4 is 33.4 Å². The molecule has 0 unspecified atom stereocenters. The number of hydrogen-bond acceptors (Lipinski definition) is 6. The van der Waals surface area contributed by atoms with Crippen LogP contribution in [0.5, 0.6) is 0 Å². The van der Waals surface area contributed by atoms with Gasteiger partial charge in [-0.05, 0) is 60.6 Å². The van der Waals surface area contributed by atoms with E-state index in [1.807, 2.05) is 29.8 Å². The van der Waals surface area contributed by atoms with Crippen LogP contribution >= 0.6 is 0 Å². The number of hydrogen-bond donors (Lipinski definition) is 4. The Morgan fingerprint density at radius 3 is 2.70 bits per heavy atom. The maximum atomic E-state index is 14.7. The number of aromatic nitrogens is 3. The molecule has 33 heavy (non-hydrogen) atoms. The standard InChI is InChI=1S/C24H25F2N5O2/c1-24(7-4-12-10-15-13(20(26)19(12)25)2-3-18(27)30-15)11-17(21(32)22(24)33)31-9-6-14-16(31)5-8-29-23(14)28/h2-3,5-6,8-10,17,21-22,32-33H,4,7,11H2,1H3,(H2,27,30)(H2,28,29)/t17-,21+,22+,24+/m1/s1. The molecule has 4 atom stereocenters. The van der Waals surface area contributed by atoms with Crippen molar-refractivity contribution in [3.63, 3.8) is 0 Å². The molecular weight excluding hydrogens is 428 g/mol. The molecule has 1 aliphatic rings. The zero-order valence-electron chi connectivity index (χ0n) is 18.0. The first-order chi connectivity index (χ1) is 15.7. The van der Waals surface area contributed by atoms with Crippen molar-refractivity contribution in [2.24, 2.45) is 5.41 Å². The van der Waals surface area contributed by atoms with Gasteiger partial charge in [0.25, 0.3) is 0 Å². The Morgan fingerprint density at radius 2 is 1.91 bits per heavy atom. The largest absolute Gasteiger partial charge is 0.390 e. The second-order valence-corrected chi connectivity index (χ2v) is 9.18. The predicted octanol–water partition coefficient (Wildman–Crippen LogP) is 3.33. The van der Waals surface area contributed by atoms with E-state index >= 15 is 0 Å². The van der Waals surface area contributed by atoms with Gasteiger partial charge < -0.3 is 26.2 Å². The number of aryl methyl sites for hydroxylation is 1. The molecule has 6 N–H and O–H groups in total. The Bertz CT molecular complexity index is 1370. The molecule has 1 aromatic carbocycles. The smallest absolute Gasteiger partial charge is 0.168 e. The first-order valence-corrected chi connectivity index (χ1v) is 10.8. The van der Waals surface area contributed by atoms with E-state index < -0.39 is 35.3 Å². The van der Waals surface area contributed by atoms with Crippen LogP contribution in [-0.2, 0) is 6.42 Å². The molecule has 0 spiro atoms. The normalized spacial score (nSPS) is 25.3. The van der Waals surface area contributed by atoms with Crippen LogP contribution in [0.25, 0.3) is 21.8 Å². The second kappa shape index (κ2) is 7.64. The van der Waals surface area contributed by atoms with Crippen LogP contribution in [0.2, 0.25) is 0 Å². The molecule has 1 saturated carbocycles. The number of pyridine rings is 2. The monoisotopic (exact) mass is 453 g/mol. The highest BCUT2D eigenvalue weighted by Gasteiger charge is 2.50. The summed E-state index contributed by atoms with van der Waals surface area (Å²) in [7, 11) is 0. The van der Waals surface area contributed by atoms with Crippen molar-refractivity contribution in [1.82, 2.24) is 14.5 Å². The summed E-state index contributed by atoms with van der Waals surface area (Å²) in [6.07, 6.45) is 2.32. The first-order valence-electron chi connectivity index (χ1n) is 10.8. The lowest BCUT2D eigenvalue weighted by molar-refractivity contribution is -0.0242. The van der Waals surface area contributed by atoms with Gasteiger partial charge in [-0.1, -0.05) is 6.92 Å². The van der Waals surface area contributed by atoms with E-state index in [-0.39, 0.29) is 28.7 Å². The van der Waals surface area contributed by atoms with E-state index in [9.17, 15) is 19.0 Å². The number of aliphatic hydroxyl groups is 2. The van der Waals surface area contributed by atoms with Gasteiger partial charge >= 0.3 is 0 Å². The molecular formula is C24H25F2N5O2. The average Bonchev–Trinajstić information content (AvgIpc) is 3.31. The van der Waals surface area contributed by atoms with Crippen LogP contribution in [0.15, 0.2) is 42.7 Å². The van der Waals surface area contributed by atoms with E-state index in [1.54, 1.807) is 6.20 Å². The highest BCUT2D eigenvalue weighted by molar-refractivity contribution is 5.89. The fourth-order valence-corrected chi connectivity index (χ4v) is 5.13. The minimum atomic E-state index is -1.04. The SMILES string of the molecule is C[C@]1(CCc2cc3nc(N)ccc3c(F)c2F)C[C@@H](n2ccc3c(N)nccc32)[C@H](O)[C@@H]1O. The van der Waals surface area contributed by atoms with Gasteiger partial charge in [-0.2, -0.15) is 0 Å². The van der Waals surface area contributed by atoms with Crippen LogP contribution in [0.1, 0.15) is 31.4 Å². The number of nitrogens with two attached hydrogens (primary N) is 2. The summed E-state index contributed by atoms with van der Waals surface area (Å²) >= 11 is 0. The number of benzene rings is 1. The quantitative estimate of drug-likeness (QED) is 0.376. The average molecular weight is 453 g/mol. The topological polar surface area (TPSA) is 123 Å². The fourth-order valence-electron chi connectivity index (χ4n) is 5.13. The lowest BCUT2D eigenvalue weighted by atomic mass is 9.80. The molecule has 7 nitrogen and oxygen atoms in total. The highest BCUT2D eigenvalue weighted by Crippen LogP contribution is 2.48. The van der Waals surface area contributed by atoms with Crippen LogP contribution in [0.3, 0.4) is 0 Å². The minimum absolute atomic E-state index is 0.0706. The zero-order valence-corrected chi connectivity index (χ0v) is 18.0. The van der Waals surface area contributed by atoms with Crippen molar-refractivity contribution in [3.8, 4) is 0 Å². The molecule has 0 saturated heterocycles. The van der Waals surface area contributed by atoms with Crippen molar-refractivity contribution in [2.45, 2.75) is 44.4 Å². The van der Waals surface area contributed by atoms with Crippen molar-refractivity contribution in [3.05, 3.63) is 59.9 Å². The molecule has 0 amide bonds. The van der Waals surface area contributed by atoms with E-state index in [1.165, 1.54) is 18.2 Å². The molecule has 4 aromatic rings. The number of rotatable bonds is 4. The zero-order chi connectivity index (χ0) is 23.5. The lowest BCUT2D eigenvalue weighted by Gasteiger charge is -2.28. The third-order valence-electron chi connectivity index (χ3n) is 7.08. The molecule has 3 aromatic heterocycles. The highest BCUT2D eigenvalue weighted by atomic mass is 19.2. The number of fused-ring (bicyclic) bond motifs is 2. The maximum Gasteiger partial charge on any atom is 0.168 e. The Labute approximate surface area is 188 Å². The minimum Gasteiger partial charge on any atom is -0.390 e. The van der Waals surface area contributed by atoms with Crippen molar-refractivity contribution in [2.75, 3.05) is 11.5 Å². The Balaban J connectivity index is 1.43. The number of nitrogen functional groups attached to an aromatic ring is 2. The van der Waals surface area contributed by atoms with Gasteiger partial charge in [0.15, 0.2) is 11.6 Å². The van der Waals surface area contributed by atoms with Gasteiger partial charge in [0.05, 0.1) is 23.2 Å². The number of nitrogens with zero attached hydrogens (tertiary/aromatic N) is 3. The lowest BCUT2D eigenvalue weighted by Crippen LogP contribution is -2.35. The van der Waals surface area contributed by atoms with E-state index in [0.29, 0.717) is 18.7 Å². The fraction of sp³-hybridized carbons (Fsp3) is 0.333. The summed E-state index contributed by atoms with van der Waals surface area (Å²) in [5.41, 5.74) is 12.2. The summed E-state index contributed by atoms with van der Waals surface area (Å²) in [5, 5.41) is 22.7. The molecule has 1 fully saturated rings. The van der Waals surface area contributed by atoms with Gasteiger partial charge in [0.1, 0.15) is 17.7 Å². The molecule has 5 rings (SSSR count). The van der Waals surface area contributed by atoms with Gasteiger partial charge in [-0.3, -0.25) is 0 Å². The van der Waals surface area contributed by atoms with Crippen LogP contribution < -0.4 is 11.5 Å². The Morgan fingerprint density at radius 1 is 1.12 bits per heavy atom. The van der Waals surface area contributed by atoms with Gasteiger partial charge in [-0.25, -0.2) is 18.7 Å². The van der Waals surface area contributed by atoms with Crippen LogP contribution in [0.4, 0.5) is 20.4 Å². The molecule has 1 aliphatic carbocycles. The van der Waals surface area contributed by atoms with Crippen LogP contribution in [0, 0.1) is 17.0 Å². The van der Waals surface area contributed by atoms with E-state index in [4.69, 9.17) is 11.5 Å². The predicted molar refractivity (Wildman–Crippen MR) is 122 cm³/mol. The van der Waals surface area contributed by atoms with Gasteiger partial charge in [0, 0.05) is 23.2 Å². The Hall–Kier alpha value is -3.30. The van der Waals surface area contributed by atoms with Crippen molar-refractivity contribution in [1.29, 1.82) is 0 Å². The number of aliphatic hydroxyl groups excluding tert-OH is 2. The summed E-state index contributed by atoms with van der Waals surface area (Å²) in [6.45, 7) is 1.86. The molecule has 0 radical (unpaired) electrons. The number of halogens is 2. The molecule has 3 heterocycles. The summed E-state index contributed by atoms with van der Waals surface area (Å²) in [6, 6.07) is 7.58. The summed E-state index contributed by atoms with van der Waals surface area (Å²) in [5.74, 6) is -1.28. The molecule has 0 aliphatic heterocycles. The van der Waals surface area contributed by atoms with Gasteiger partial charge in [-0.15, -0.1) is 0 Å². The number of anilines is 2. The Kier molecular flexibility index (Phi) is 4.98. The van der Waals surface area contributed by atoms with Crippen LogP contribution in [-0.4, -0.2) is 37.0 Å². The first kappa shape index (κ1) is 21.5. The van der Waals surface area contributed by atoms with E-state index in [0.717, 1.165) is 10.9 Å². The summed E-state index contributed by atoms with van der Waals surface area (Å²) < 4.78 is 31.2. The third kappa shape index (κ3) is 3.39. The summed E-state index contributed by atoms with van der Waals surface area (Å²) in [4.78, 5) is 8.20. The second-order valence-electron chi connectivity index (χ2n) is 9.18. The maximum absolute atomic E-state index is 14.7. The molecule has 172 valence electrons. The van der Waals surface area contributed by atoms with E-state index in [2.05, 4.69) is 9.97 Å². The molecule has 0 bridgehead atoms. The van der Waals surface area contributed by atoms with Crippen molar-refractivity contribution < 1.29 is 19.0 Å². The molecule has 9 heteroatoms. The van der Waals surface area contributed by atoms with Gasteiger partial charge in [0.2, 0.25) is 0 Å².